The SMILES string of the molecule is CC[Si](CC)(CC)OC(CNCC1(C)CCCCC1)c1c(Cl)cc(C)cc1Cl. The molecule has 28 heavy (non-hydrogen) atoms. The van der Waals surface area contributed by atoms with Gasteiger partial charge in [-0.15, -0.1) is 0 Å². The monoisotopic (exact) mass is 443 g/mol. The van der Waals surface area contributed by atoms with Gasteiger partial charge in [-0.3, -0.25) is 0 Å². The smallest absolute Gasteiger partial charge is 0.192 e. The molecule has 2 rings (SSSR count). The quantitative estimate of drug-likeness (QED) is 0.370. The Morgan fingerprint density at radius 1 is 1.04 bits per heavy atom. The van der Waals surface area contributed by atoms with Crippen molar-refractivity contribution in [3.05, 3.63) is 33.3 Å². The summed E-state index contributed by atoms with van der Waals surface area (Å²) in [4.78, 5) is 0. The Balaban J connectivity index is 2.21. The molecule has 1 aliphatic rings. The molecule has 0 amide bonds. The fourth-order valence-corrected chi connectivity index (χ4v) is 8.25. The lowest BCUT2D eigenvalue weighted by Crippen LogP contribution is -2.41. The largest absolute Gasteiger partial charge is 0.409 e. The van der Waals surface area contributed by atoms with Crippen LogP contribution in [0.1, 0.15) is 77.0 Å². The van der Waals surface area contributed by atoms with Crippen LogP contribution < -0.4 is 5.32 Å². The van der Waals surface area contributed by atoms with Crippen LogP contribution in [-0.4, -0.2) is 21.4 Å². The van der Waals surface area contributed by atoms with E-state index >= 15 is 0 Å². The van der Waals surface area contributed by atoms with Gasteiger partial charge in [0.2, 0.25) is 0 Å². The van der Waals surface area contributed by atoms with Gasteiger partial charge in [-0.2, -0.15) is 0 Å². The topological polar surface area (TPSA) is 21.3 Å². The molecular formula is C23H39Cl2NOSi. The normalized spacial score (nSPS) is 18.2. The van der Waals surface area contributed by atoms with Gasteiger partial charge in [0.1, 0.15) is 0 Å². The molecule has 0 radical (unpaired) electrons. The van der Waals surface area contributed by atoms with Gasteiger partial charge in [-0.25, -0.2) is 0 Å². The van der Waals surface area contributed by atoms with E-state index in [9.17, 15) is 0 Å². The molecule has 1 aliphatic carbocycles. The van der Waals surface area contributed by atoms with Gasteiger partial charge in [0.15, 0.2) is 8.32 Å². The molecule has 160 valence electrons. The predicted molar refractivity (Wildman–Crippen MR) is 126 cm³/mol. The Labute approximate surface area is 183 Å². The van der Waals surface area contributed by atoms with Gasteiger partial charge in [-0.05, 0) is 61.0 Å². The maximum Gasteiger partial charge on any atom is 0.192 e. The van der Waals surface area contributed by atoms with Crippen LogP contribution in [0, 0.1) is 12.3 Å². The van der Waals surface area contributed by atoms with Crippen molar-refractivity contribution in [1.82, 2.24) is 5.32 Å². The molecule has 5 heteroatoms. The van der Waals surface area contributed by atoms with Gasteiger partial charge in [-0.1, -0.05) is 70.2 Å². The number of hydrogen-bond donors (Lipinski definition) is 1. The number of halogens is 2. The number of rotatable bonds is 10. The number of hydrogen-bond acceptors (Lipinski definition) is 2. The Bertz CT molecular complexity index is 596. The molecule has 1 fully saturated rings. The lowest BCUT2D eigenvalue weighted by molar-refractivity contribution is 0.163. The maximum atomic E-state index is 6.90. The van der Waals surface area contributed by atoms with Gasteiger partial charge in [0.05, 0.1) is 6.10 Å². The minimum absolute atomic E-state index is 0.0840. The lowest BCUT2D eigenvalue weighted by Gasteiger charge is -2.37. The highest BCUT2D eigenvalue weighted by Crippen LogP contribution is 2.38. The summed E-state index contributed by atoms with van der Waals surface area (Å²) < 4.78 is 6.90. The fraction of sp³-hybridized carbons (Fsp3) is 0.739. The van der Waals surface area contributed by atoms with Crippen molar-refractivity contribution in [1.29, 1.82) is 0 Å². The van der Waals surface area contributed by atoms with E-state index < -0.39 is 8.32 Å². The third-order valence-electron chi connectivity index (χ3n) is 6.81. The summed E-state index contributed by atoms with van der Waals surface area (Å²) >= 11 is 13.3. The van der Waals surface area contributed by atoms with Crippen LogP contribution in [0.15, 0.2) is 12.1 Å². The first-order valence-corrected chi connectivity index (χ1v) is 14.4. The van der Waals surface area contributed by atoms with Crippen LogP contribution in [0.4, 0.5) is 0 Å². The van der Waals surface area contributed by atoms with Crippen LogP contribution >= 0.6 is 23.2 Å². The molecule has 1 unspecified atom stereocenters. The van der Waals surface area contributed by atoms with Crippen LogP contribution in [0.3, 0.4) is 0 Å². The molecule has 0 heterocycles. The van der Waals surface area contributed by atoms with Crippen molar-refractivity contribution in [3.63, 3.8) is 0 Å². The van der Waals surface area contributed by atoms with E-state index in [4.69, 9.17) is 27.6 Å². The Kier molecular flexibility index (Phi) is 9.35. The summed E-state index contributed by atoms with van der Waals surface area (Å²) in [6, 6.07) is 7.38. The molecule has 2 nitrogen and oxygen atoms in total. The van der Waals surface area contributed by atoms with E-state index in [1.54, 1.807) is 0 Å². The summed E-state index contributed by atoms with van der Waals surface area (Å²) in [5.74, 6) is 0. The second-order valence-electron chi connectivity index (χ2n) is 8.99. The van der Waals surface area contributed by atoms with Crippen molar-refractivity contribution < 1.29 is 4.43 Å². The highest BCUT2D eigenvalue weighted by atomic mass is 35.5. The summed E-state index contributed by atoms with van der Waals surface area (Å²) in [5, 5.41) is 5.20. The van der Waals surface area contributed by atoms with E-state index in [0.29, 0.717) is 5.41 Å². The van der Waals surface area contributed by atoms with Gasteiger partial charge in [0.25, 0.3) is 0 Å². The van der Waals surface area contributed by atoms with E-state index in [1.165, 1.54) is 32.1 Å². The first-order chi connectivity index (χ1) is 13.3. The minimum atomic E-state index is -1.79. The first kappa shape index (κ1) is 24.2. The molecule has 0 spiro atoms. The van der Waals surface area contributed by atoms with Gasteiger partial charge in [0, 0.05) is 28.7 Å². The van der Waals surface area contributed by atoms with Crippen LogP contribution in [-0.2, 0) is 4.43 Å². The molecule has 1 aromatic rings. The molecule has 1 aromatic carbocycles. The lowest BCUT2D eigenvalue weighted by atomic mass is 9.76. The van der Waals surface area contributed by atoms with Crippen molar-refractivity contribution in [2.24, 2.45) is 5.41 Å². The summed E-state index contributed by atoms with van der Waals surface area (Å²) in [6.45, 7) is 13.1. The standard InChI is InChI=1S/C23H39Cl2NOSi/c1-6-28(7-2,8-3)27-21(22-19(24)14-18(4)15-20(22)25)16-26-17-23(5)12-10-9-11-13-23/h14-15,21,26H,6-13,16-17H2,1-5H3. The van der Waals surface area contributed by atoms with E-state index in [0.717, 1.165) is 52.4 Å². The zero-order chi connectivity index (χ0) is 20.8. The van der Waals surface area contributed by atoms with Crippen LogP contribution in [0.2, 0.25) is 28.2 Å². The second-order valence-corrected chi connectivity index (χ2v) is 14.5. The molecule has 1 saturated carbocycles. The summed E-state index contributed by atoms with van der Waals surface area (Å²) in [5.41, 5.74) is 2.45. The average Bonchev–Trinajstić information content (AvgIpc) is 2.65. The number of aryl methyl sites for hydroxylation is 1. The molecule has 1 N–H and O–H groups in total. The zero-order valence-corrected chi connectivity index (χ0v) is 21.0. The minimum Gasteiger partial charge on any atom is -0.409 e. The second kappa shape index (κ2) is 10.8. The summed E-state index contributed by atoms with van der Waals surface area (Å²) in [7, 11) is -1.79. The molecular weight excluding hydrogens is 405 g/mol. The zero-order valence-electron chi connectivity index (χ0n) is 18.5. The van der Waals surface area contributed by atoms with Crippen molar-refractivity contribution in [3.8, 4) is 0 Å². The Hall–Kier alpha value is -0.0631. The van der Waals surface area contributed by atoms with Crippen molar-refractivity contribution >= 4 is 31.5 Å². The maximum absolute atomic E-state index is 6.90. The summed E-state index contributed by atoms with van der Waals surface area (Å²) in [6.07, 6.45) is 6.63. The first-order valence-electron chi connectivity index (χ1n) is 11.1. The highest BCUT2D eigenvalue weighted by Gasteiger charge is 2.34. The van der Waals surface area contributed by atoms with E-state index in [1.807, 2.05) is 19.1 Å². The predicted octanol–water partition coefficient (Wildman–Crippen LogP) is 7.92. The van der Waals surface area contributed by atoms with E-state index in [2.05, 4.69) is 33.0 Å². The Morgan fingerprint density at radius 2 is 1.57 bits per heavy atom. The van der Waals surface area contributed by atoms with E-state index in [-0.39, 0.29) is 6.10 Å². The number of benzene rings is 1. The van der Waals surface area contributed by atoms with Gasteiger partial charge < -0.3 is 9.74 Å². The Morgan fingerprint density at radius 3 is 2.07 bits per heavy atom. The van der Waals surface area contributed by atoms with Crippen LogP contribution in [0.25, 0.3) is 0 Å². The average molecular weight is 445 g/mol. The third-order valence-corrected chi connectivity index (χ3v) is 12.1. The molecule has 0 bridgehead atoms. The molecule has 0 aliphatic heterocycles. The third kappa shape index (κ3) is 6.22. The number of nitrogens with one attached hydrogen (secondary N) is 1. The fourth-order valence-electron chi connectivity index (χ4n) is 4.61. The van der Waals surface area contributed by atoms with Crippen molar-refractivity contribution in [2.45, 2.75) is 91.0 Å². The molecule has 1 atom stereocenters. The molecule has 0 aromatic heterocycles. The molecule has 0 saturated heterocycles. The highest BCUT2D eigenvalue weighted by molar-refractivity contribution is 6.73. The van der Waals surface area contributed by atoms with Gasteiger partial charge >= 0.3 is 0 Å². The van der Waals surface area contributed by atoms with Crippen LogP contribution in [0.5, 0.6) is 0 Å². The van der Waals surface area contributed by atoms with Crippen molar-refractivity contribution in [2.75, 3.05) is 13.1 Å².